The number of nitrogens with zero attached hydrogens (tertiary/aromatic N) is 1. The number of amides is 2. The molecule has 2 amide bonds. The fourth-order valence-electron chi connectivity index (χ4n) is 5.23. The molecule has 3 aromatic carbocycles. The van der Waals surface area contributed by atoms with Gasteiger partial charge in [-0.25, -0.2) is 9.18 Å². The zero-order valence-corrected chi connectivity index (χ0v) is 23.2. The third kappa shape index (κ3) is 5.72. The number of H-pyrrole nitrogens is 1. The largest absolute Gasteiger partial charge is 0.493 e. The van der Waals surface area contributed by atoms with E-state index in [4.69, 9.17) is 9.47 Å². The summed E-state index contributed by atoms with van der Waals surface area (Å²) in [5.41, 5.74) is 3.49. The van der Waals surface area contributed by atoms with E-state index in [2.05, 4.69) is 15.6 Å². The number of aromatic amines is 1. The van der Waals surface area contributed by atoms with Crippen LogP contribution in [0.5, 0.6) is 5.75 Å². The first-order valence-corrected chi connectivity index (χ1v) is 13.2. The average molecular weight is 559 g/mol. The summed E-state index contributed by atoms with van der Waals surface area (Å²) in [6, 6.07) is 14.7. The van der Waals surface area contributed by atoms with Crippen LogP contribution in [0.1, 0.15) is 41.1 Å². The maximum atomic E-state index is 14.9. The van der Waals surface area contributed by atoms with Crippen LogP contribution in [0.15, 0.2) is 65.6 Å². The Morgan fingerprint density at radius 1 is 1.07 bits per heavy atom. The summed E-state index contributed by atoms with van der Waals surface area (Å²) in [7, 11) is 2.95. The molecule has 4 bridgehead atoms. The van der Waals surface area contributed by atoms with Gasteiger partial charge in [0, 0.05) is 54.1 Å². The minimum atomic E-state index is -0.828. The van der Waals surface area contributed by atoms with Gasteiger partial charge in [-0.1, -0.05) is 31.2 Å². The number of anilines is 2. The van der Waals surface area contributed by atoms with Gasteiger partial charge in [-0.3, -0.25) is 14.9 Å². The number of nitrogens with one attached hydrogen (secondary N) is 3. The van der Waals surface area contributed by atoms with Gasteiger partial charge in [0.25, 0.3) is 5.56 Å². The second-order valence-corrected chi connectivity index (χ2v) is 10.3. The molecule has 2 atom stereocenters. The number of benzene rings is 3. The quantitative estimate of drug-likeness (QED) is 0.308. The summed E-state index contributed by atoms with van der Waals surface area (Å²) < 4.78 is 25.7. The van der Waals surface area contributed by atoms with Gasteiger partial charge in [-0.15, -0.1) is 0 Å². The maximum Gasteiger partial charge on any atom is 0.411 e. The van der Waals surface area contributed by atoms with Crippen molar-refractivity contribution in [2.75, 3.05) is 31.4 Å². The standard InChI is InChI=1S/C31H31FN4O5/c1-17-11-20-6-8-24(17)18(2)16-41-31(39)35-23-12-21(28(40-4)26(32)14-23)15-36(3)30(38)27(20)34-22-7-5-19-9-10-33-29(37)25(19)13-22/h5-14,18,27,34H,15-16H2,1-4H3,(H,33,37)(H,35,39)/t18-,27+/m0/s1. The summed E-state index contributed by atoms with van der Waals surface area (Å²) in [5, 5.41) is 7.16. The topological polar surface area (TPSA) is 113 Å². The number of carbonyl (C=O) groups is 2. The van der Waals surface area contributed by atoms with Crippen molar-refractivity contribution in [3.63, 3.8) is 0 Å². The van der Waals surface area contributed by atoms with Crippen molar-refractivity contribution in [1.82, 2.24) is 9.88 Å². The summed E-state index contributed by atoms with van der Waals surface area (Å²) in [5.74, 6) is -1.14. The molecule has 41 heavy (non-hydrogen) atoms. The van der Waals surface area contributed by atoms with Crippen LogP contribution in [-0.4, -0.2) is 42.6 Å². The molecule has 3 N–H and O–H groups in total. The monoisotopic (exact) mass is 558 g/mol. The molecule has 0 spiro atoms. The number of halogens is 1. The van der Waals surface area contributed by atoms with Crippen molar-refractivity contribution in [2.45, 2.75) is 32.4 Å². The highest BCUT2D eigenvalue weighted by Crippen LogP contribution is 2.32. The molecule has 0 radical (unpaired) electrons. The Labute approximate surface area is 236 Å². The molecule has 0 fully saturated rings. The van der Waals surface area contributed by atoms with Gasteiger partial charge >= 0.3 is 6.09 Å². The maximum absolute atomic E-state index is 14.9. The van der Waals surface area contributed by atoms with E-state index in [1.54, 1.807) is 25.4 Å². The lowest BCUT2D eigenvalue weighted by Gasteiger charge is -2.28. The second kappa shape index (κ2) is 11.3. The average Bonchev–Trinajstić information content (AvgIpc) is 2.94. The van der Waals surface area contributed by atoms with E-state index in [-0.39, 0.29) is 42.0 Å². The minimum absolute atomic E-state index is 0.00678. The normalized spacial score (nSPS) is 17.7. The van der Waals surface area contributed by atoms with Crippen LogP contribution in [0.3, 0.4) is 0 Å². The number of likely N-dealkylation sites (N-methyl/N-ethyl adjacent to an activating group) is 1. The lowest BCUT2D eigenvalue weighted by molar-refractivity contribution is -0.131. The number of pyridine rings is 1. The molecule has 9 nitrogen and oxygen atoms in total. The van der Waals surface area contributed by atoms with E-state index in [0.29, 0.717) is 22.2 Å². The van der Waals surface area contributed by atoms with E-state index in [1.165, 1.54) is 12.0 Å². The first-order chi connectivity index (χ1) is 19.6. The highest BCUT2D eigenvalue weighted by atomic mass is 19.1. The Bertz CT molecular complexity index is 1700. The van der Waals surface area contributed by atoms with E-state index >= 15 is 0 Å². The molecule has 6 rings (SSSR count). The van der Waals surface area contributed by atoms with Gasteiger partial charge in [0.2, 0.25) is 5.91 Å². The lowest BCUT2D eigenvalue weighted by Crippen LogP contribution is -2.35. The van der Waals surface area contributed by atoms with Crippen molar-refractivity contribution in [2.24, 2.45) is 0 Å². The zero-order valence-electron chi connectivity index (χ0n) is 23.2. The van der Waals surface area contributed by atoms with Crippen LogP contribution in [0.25, 0.3) is 10.8 Å². The van der Waals surface area contributed by atoms with Crippen molar-refractivity contribution >= 4 is 34.1 Å². The van der Waals surface area contributed by atoms with Crippen molar-refractivity contribution < 1.29 is 23.5 Å². The third-order valence-corrected chi connectivity index (χ3v) is 7.31. The van der Waals surface area contributed by atoms with Gasteiger partial charge < -0.3 is 24.7 Å². The summed E-state index contributed by atoms with van der Waals surface area (Å²) in [6.45, 7) is 3.97. The number of hydrogen-bond acceptors (Lipinski definition) is 6. The molecule has 10 heteroatoms. The summed E-state index contributed by atoms with van der Waals surface area (Å²) in [4.78, 5) is 43.1. The van der Waals surface area contributed by atoms with Gasteiger partial charge in [0.05, 0.1) is 13.7 Å². The number of aromatic nitrogens is 1. The van der Waals surface area contributed by atoms with E-state index in [0.717, 1.165) is 22.6 Å². The zero-order chi connectivity index (χ0) is 29.3. The molecule has 0 saturated carbocycles. The fourth-order valence-corrected chi connectivity index (χ4v) is 5.23. The molecule has 2 aliphatic heterocycles. The van der Waals surface area contributed by atoms with Crippen molar-refractivity contribution in [3.8, 4) is 5.75 Å². The Balaban J connectivity index is 1.59. The van der Waals surface area contributed by atoms with Gasteiger partial charge in [0.1, 0.15) is 6.04 Å². The van der Waals surface area contributed by atoms with Crippen molar-refractivity contribution in [3.05, 3.63) is 99.2 Å². The SMILES string of the molecule is COc1c(F)cc2cc1CN(C)C(=O)[C@H](Nc1ccc3cc[nH]c(=O)c3c1)c1ccc(c(C)c1)[C@@H](C)COC(=O)N2. The number of methoxy groups -OCH3 is 1. The van der Waals surface area contributed by atoms with Crippen LogP contribution in [0.4, 0.5) is 20.6 Å². The molecule has 3 heterocycles. The Kier molecular flexibility index (Phi) is 7.65. The Morgan fingerprint density at radius 3 is 2.63 bits per heavy atom. The van der Waals surface area contributed by atoms with Crippen LogP contribution in [-0.2, 0) is 16.1 Å². The van der Waals surface area contributed by atoms with E-state index in [9.17, 15) is 18.8 Å². The molecular weight excluding hydrogens is 527 g/mol. The lowest BCUT2D eigenvalue weighted by atomic mass is 9.93. The smallest absolute Gasteiger partial charge is 0.411 e. The molecule has 4 aromatic rings. The number of carbonyl (C=O) groups excluding carboxylic acids is 2. The highest BCUT2D eigenvalue weighted by molar-refractivity contribution is 5.89. The predicted molar refractivity (Wildman–Crippen MR) is 155 cm³/mol. The van der Waals surface area contributed by atoms with Gasteiger partial charge in [-0.2, -0.15) is 0 Å². The number of hydrogen-bond donors (Lipinski definition) is 3. The molecule has 2 aliphatic rings. The first-order valence-electron chi connectivity index (χ1n) is 13.2. The minimum Gasteiger partial charge on any atom is -0.493 e. The predicted octanol–water partition coefficient (Wildman–Crippen LogP) is 5.46. The summed E-state index contributed by atoms with van der Waals surface area (Å²) >= 11 is 0. The highest BCUT2D eigenvalue weighted by Gasteiger charge is 2.27. The molecule has 0 aliphatic carbocycles. The van der Waals surface area contributed by atoms with Crippen LogP contribution in [0, 0.1) is 12.7 Å². The fraction of sp³-hybridized carbons (Fsp3) is 0.258. The number of fused-ring (bicyclic) bond motifs is 10. The number of ether oxygens (including phenoxy) is 2. The molecular formula is C31H31FN4O5. The van der Waals surface area contributed by atoms with Gasteiger partial charge in [0.15, 0.2) is 11.6 Å². The molecule has 1 aromatic heterocycles. The molecule has 212 valence electrons. The number of aryl methyl sites for hydroxylation is 1. The summed E-state index contributed by atoms with van der Waals surface area (Å²) in [6.07, 6.45) is 0.878. The van der Waals surface area contributed by atoms with E-state index in [1.807, 2.05) is 50.2 Å². The van der Waals surface area contributed by atoms with Crippen LogP contribution in [0.2, 0.25) is 0 Å². The Morgan fingerprint density at radius 2 is 1.88 bits per heavy atom. The molecule has 0 saturated heterocycles. The van der Waals surface area contributed by atoms with Crippen molar-refractivity contribution in [1.29, 1.82) is 0 Å². The van der Waals surface area contributed by atoms with Gasteiger partial charge in [-0.05, 0) is 53.3 Å². The van der Waals surface area contributed by atoms with Crippen LogP contribution < -0.4 is 20.9 Å². The third-order valence-electron chi connectivity index (χ3n) is 7.31. The molecule has 0 unspecified atom stereocenters. The number of rotatable bonds is 3. The van der Waals surface area contributed by atoms with Crippen LogP contribution >= 0.6 is 0 Å². The first kappa shape index (κ1) is 27.7. The van der Waals surface area contributed by atoms with E-state index < -0.39 is 18.0 Å². The Hall–Kier alpha value is -4.86. The second-order valence-electron chi connectivity index (χ2n) is 10.3.